The van der Waals surface area contributed by atoms with Crippen molar-refractivity contribution in [3.63, 3.8) is 0 Å². The second kappa shape index (κ2) is 12.2. The van der Waals surface area contributed by atoms with E-state index in [1.54, 1.807) is 19.4 Å². The van der Waals surface area contributed by atoms with Crippen LogP contribution >= 0.6 is 24.0 Å². The van der Waals surface area contributed by atoms with Crippen molar-refractivity contribution in [3.8, 4) is 0 Å². The maximum absolute atomic E-state index is 12.5. The number of rotatable bonds is 6. The van der Waals surface area contributed by atoms with Crippen LogP contribution in [0.2, 0.25) is 0 Å². The Morgan fingerprint density at radius 2 is 1.88 bits per heavy atom. The fourth-order valence-electron chi connectivity index (χ4n) is 3.79. The number of halogens is 1. The fourth-order valence-corrected chi connectivity index (χ4v) is 3.79. The van der Waals surface area contributed by atoms with E-state index in [-0.39, 0.29) is 29.9 Å². The fraction of sp³-hybridized carbons (Fsp3) is 0.231. The van der Waals surface area contributed by atoms with Gasteiger partial charge in [0.15, 0.2) is 5.96 Å². The lowest BCUT2D eigenvalue weighted by Crippen LogP contribution is -2.43. The Balaban J connectivity index is 0.00000306. The van der Waals surface area contributed by atoms with Gasteiger partial charge in [-0.05, 0) is 47.4 Å². The minimum atomic E-state index is -0.123. The van der Waals surface area contributed by atoms with Crippen LogP contribution < -0.4 is 10.6 Å². The van der Waals surface area contributed by atoms with E-state index in [2.05, 4.69) is 50.9 Å². The monoisotopic (exact) mass is 556 g/mol. The Labute approximate surface area is 211 Å². The number of nitrogens with one attached hydrogen (secondary N) is 2. The zero-order valence-electron chi connectivity index (χ0n) is 18.7. The summed E-state index contributed by atoms with van der Waals surface area (Å²) in [6, 6.07) is 21.8. The van der Waals surface area contributed by atoms with Crippen LogP contribution in [0.1, 0.15) is 33.7 Å². The molecule has 0 saturated heterocycles. The Morgan fingerprint density at radius 3 is 2.58 bits per heavy atom. The molecule has 172 valence electrons. The molecule has 2 aromatic carbocycles. The number of hydrogen-bond acceptors (Lipinski definition) is 3. The molecule has 0 radical (unpaired) electrons. The summed E-state index contributed by atoms with van der Waals surface area (Å²) in [5.41, 5.74) is 4.32. The molecule has 0 saturated carbocycles. The predicted molar refractivity (Wildman–Crippen MR) is 143 cm³/mol. The Hall–Kier alpha value is -3.07. The molecule has 0 bridgehead atoms. The number of carbonyl (C=O) groups excluding carboxylic acids is 1. The standard InChI is InChI=1S/C26H28N4O2.HI/c1-27-26(30-14-12-22(13-15-30)21-8-3-2-4-9-21)29-18-20-7-5-10-23(17-20)25(31)28-19-24-11-6-16-32-24;/h2-12,16-17H,13-15,18-19H2,1H3,(H,27,29)(H,28,31);1H. The van der Waals surface area contributed by atoms with Crippen LogP contribution in [0.3, 0.4) is 0 Å². The number of guanidine groups is 1. The van der Waals surface area contributed by atoms with Gasteiger partial charge in [-0.15, -0.1) is 24.0 Å². The van der Waals surface area contributed by atoms with Crippen molar-refractivity contribution < 1.29 is 9.21 Å². The lowest BCUT2D eigenvalue weighted by molar-refractivity contribution is 0.0948. The van der Waals surface area contributed by atoms with Crippen LogP contribution in [-0.2, 0) is 13.1 Å². The summed E-state index contributed by atoms with van der Waals surface area (Å²) in [4.78, 5) is 19.2. The van der Waals surface area contributed by atoms with E-state index >= 15 is 0 Å². The van der Waals surface area contributed by atoms with Crippen LogP contribution in [0, 0.1) is 0 Å². The molecule has 1 amide bonds. The number of furan rings is 1. The average molecular weight is 556 g/mol. The van der Waals surface area contributed by atoms with Gasteiger partial charge in [-0.2, -0.15) is 0 Å². The summed E-state index contributed by atoms with van der Waals surface area (Å²) in [5.74, 6) is 1.47. The highest BCUT2D eigenvalue weighted by molar-refractivity contribution is 14.0. The van der Waals surface area contributed by atoms with Gasteiger partial charge in [0.2, 0.25) is 0 Å². The zero-order valence-corrected chi connectivity index (χ0v) is 21.0. The molecule has 3 aromatic rings. The predicted octanol–water partition coefficient (Wildman–Crippen LogP) is 4.69. The summed E-state index contributed by atoms with van der Waals surface area (Å²) in [5, 5.41) is 6.31. The van der Waals surface area contributed by atoms with E-state index in [0.717, 1.165) is 36.8 Å². The molecule has 4 rings (SSSR count). The quantitative estimate of drug-likeness (QED) is 0.263. The smallest absolute Gasteiger partial charge is 0.251 e. The van der Waals surface area contributed by atoms with Crippen molar-refractivity contribution >= 4 is 41.4 Å². The van der Waals surface area contributed by atoms with E-state index in [9.17, 15) is 4.79 Å². The molecule has 7 heteroatoms. The topological polar surface area (TPSA) is 69.9 Å². The van der Waals surface area contributed by atoms with Crippen molar-refractivity contribution in [2.75, 3.05) is 20.1 Å². The van der Waals surface area contributed by atoms with Crippen LogP contribution in [0.5, 0.6) is 0 Å². The third-order valence-corrected chi connectivity index (χ3v) is 5.51. The highest BCUT2D eigenvalue weighted by atomic mass is 127. The molecule has 6 nitrogen and oxygen atoms in total. The van der Waals surface area contributed by atoms with Gasteiger partial charge in [-0.25, -0.2) is 0 Å². The summed E-state index contributed by atoms with van der Waals surface area (Å²) in [6.45, 7) is 2.70. The molecular weight excluding hydrogens is 527 g/mol. The molecule has 33 heavy (non-hydrogen) atoms. The largest absolute Gasteiger partial charge is 0.467 e. The van der Waals surface area contributed by atoms with E-state index in [1.165, 1.54) is 11.1 Å². The van der Waals surface area contributed by atoms with Gasteiger partial charge < -0.3 is 20.0 Å². The summed E-state index contributed by atoms with van der Waals surface area (Å²) in [7, 11) is 1.80. The molecule has 0 atom stereocenters. The van der Waals surface area contributed by atoms with Gasteiger partial charge in [0.05, 0.1) is 12.8 Å². The molecule has 2 heterocycles. The second-order valence-corrected chi connectivity index (χ2v) is 7.65. The molecule has 0 aliphatic carbocycles. The summed E-state index contributed by atoms with van der Waals surface area (Å²) < 4.78 is 5.26. The van der Waals surface area contributed by atoms with Crippen LogP contribution in [0.15, 0.2) is 88.5 Å². The van der Waals surface area contributed by atoms with E-state index in [0.29, 0.717) is 18.7 Å². The number of amides is 1. The highest BCUT2D eigenvalue weighted by Crippen LogP contribution is 2.22. The Kier molecular flexibility index (Phi) is 9.12. The van der Waals surface area contributed by atoms with Crippen LogP contribution in [0.25, 0.3) is 5.57 Å². The molecule has 1 aliphatic heterocycles. The molecule has 1 aliphatic rings. The van der Waals surface area contributed by atoms with Gasteiger partial charge in [0.25, 0.3) is 5.91 Å². The number of aliphatic imine (C=N–C) groups is 1. The number of benzene rings is 2. The average Bonchev–Trinajstić information content (AvgIpc) is 3.38. The van der Waals surface area contributed by atoms with Crippen molar-refractivity contribution in [2.45, 2.75) is 19.5 Å². The lowest BCUT2D eigenvalue weighted by atomic mass is 10.00. The zero-order chi connectivity index (χ0) is 22.2. The summed E-state index contributed by atoms with van der Waals surface area (Å²) >= 11 is 0. The van der Waals surface area contributed by atoms with E-state index in [4.69, 9.17) is 4.42 Å². The minimum Gasteiger partial charge on any atom is -0.467 e. The first kappa shape index (κ1) is 24.6. The van der Waals surface area contributed by atoms with Gasteiger partial charge in [-0.1, -0.05) is 48.5 Å². The number of hydrogen-bond donors (Lipinski definition) is 2. The van der Waals surface area contributed by atoms with Gasteiger partial charge in [0, 0.05) is 32.2 Å². The van der Waals surface area contributed by atoms with Crippen molar-refractivity contribution in [2.24, 2.45) is 4.99 Å². The first-order valence-electron chi connectivity index (χ1n) is 10.8. The SMILES string of the molecule is CN=C(NCc1cccc(C(=O)NCc2ccco2)c1)N1CC=C(c2ccccc2)CC1.I. The number of nitrogens with zero attached hydrogens (tertiary/aromatic N) is 2. The molecule has 0 unspecified atom stereocenters. The normalized spacial score (nSPS) is 13.7. The van der Waals surface area contributed by atoms with E-state index < -0.39 is 0 Å². The first-order valence-corrected chi connectivity index (χ1v) is 10.8. The van der Waals surface area contributed by atoms with Crippen molar-refractivity contribution in [1.82, 2.24) is 15.5 Å². The highest BCUT2D eigenvalue weighted by Gasteiger charge is 2.16. The molecule has 2 N–H and O–H groups in total. The van der Waals surface area contributed by atoms with Crippen molar-refractivity contribution in [1.29, 1.82) is 0 Å². The first-order chi connectivity index (χ1) is 15.7. The van der Waals surface area contributed by atoms with Gasteiger partial charge in [0.1, 0.15) is 5.76 Å². The van der Waals surface area contributed by atoms with Crippen LogP contribution in [0.4, 0.5) is 0 Å². The molecule has 1 aromatic heterocycles. The second-order valence-electron chi connectivity index (χ2n) is 7.65. The van der Waals surface area contributed by atoms with Gasteiger partial charge in [-0.3, -0.25) is 9.79 Å². The maximum Gasteiger partial charge on any atom is 0.251 e. The van der Waals surface area contributed by atoms with Gasteiger partial charge >= 0.3 is 0 Å². The molecular formula is C26H29IN4O2. The van der Waals surface area contributed by atoms with Crippen molar-refractivity contribution in [3.05, 3.63) is 102 Å². The van der Waals surface area contributed by atoms with Crippen LogP contribution in [-0.4, -0.2) is 36.9 Å². The number of carbonyl (C=O) groups is 1. The third kappa shape index (κ3) is 6.71. The minimum absolute atomic E-state index is 0. The molecule has 0 fully saturated rings. The Bertz CT molecular complexity index is 1090. The Morgan fingerprint density at radius 1 is 1.03 bits per heavy atom. The molecule has 0 spiro atoms. The van der Waals surface area contributed by atoms with E-state index in [1.807, 2.05) is 36.4 Å². The lowest BCUT2D eigenvalue weighted by Gasteiger charge is -2.30. The summed E-state index contributed by atoms with van der Waals surface area (Å²) in [6.07, 6.45) is 4.85. The maximum atomic E-state index is 12.5. The third-order valence-electron chi connectivity index (χ3n) is 5.51.